The zero-order chi connectivity index (χ0) is 22.7. The minimum Gasteiger partial charge on any atom is -0.497 e. The van der Waals surface area contributed by atoms with Crippen LogP contribution in [0.5, 0.6) is 5.75 Å². The molecule has 1 fully saturated rings. The third-order valence-electron chi connectivity index (χ3n) is 5.78. The van der Waals surface area contributed by atoms with Gasteiger partial charge in [-0.25, -0.2) is 14.4 Å². The van der Waals surface area contributed by atoms with Crippen molar-refractivity contribution in [2.45, 2.75) is 20.3 Å². The summed E-state index contributed by atoms with van der Waals surface area (Å²) in [5.74, 6) is 2.04. The molecule has 2 heterocycles. The number of piperazine rings is 1. The number of amides is 1. The lowest BCUT2D eigenvalue weighted by atomic mass is 10.0. The molecule has 0 N–H and O–H groups in total. The molecule has 32 heavy (non-hydrogen) atoms. The summed E-state index contributed by atoms with van der Waals surface area (Å²) >= 11 is 0. The first kappa shape index (κ1) is 21.7. The molecule has 1 amide bonds. The van der Waals surface area contributed by atoms with Gasteiger partial charge in [0.25, 0.3) is 5.91 Å². The Morgan fingerprint density at radius 3 is 2.44 bits per heavy atom. The molecule has 0 radical (unpaired) electrons. The minimum atomic E-state index is -0.248. The van der Waals surface area contributed by atoms with Crippen LogP contribution in [-0.2, 0) is 6.42 Å². The maximum atomic E-state index is 13.3. The highest BCUT2D eigenvalue weighted by atomic mass is 19.1. The van der Waals surface area contributed by atoms with Crippen molar-refractivity contribution in [3.05, 3.63) is 82.6 Å². The zero-order valence-corrected chi connectivity index (χ0v) is 18.6. The van der Waals surface area contributed by atoms with Crippen molar-refractivity contribution in [1.82, 2.24) is 14.9 Å². The second-order valence-corrected chi connectivity index (χ2v) is 7.97. The maximum Gasteiger partial charge on any atom is 0.254 e. The van der Waals surface area contributed by atoms with Crippen LogP contribution in [-0.4, -0.2) is 54.1 Å². The summed E-state index contributed by atoms with van der Waals surface area (Å²) in [6, 6.07) is 13.8. The Morgan fingerprint density at radius 1 is 1.03 bits per heavy atom. The van der Waals surface area contributed by atoms with Gasteiger partial charge in [-0.1, -0.05) is 18.2 Å². The van der Waals surface area contributed by atoms with E-state index in [0.29, 0.717) is 43.9 Å². The molecule has 1 aliphatic heterocycles. The molecule has 1 aliphatic rings. The molecular formula is C25H27FN4O2. The van der Waals surface area contributed by atoms with Gasteiger partial charge in [0, 0.05) is 49.4 Å². The summed E-state index contributed by atoms with van der Waals surface area (Å²) in [5.41, 5.74) is 3.60. The van der Waals surface area contributed by atoms with E-state index in [4.69, 9.17) is 9.72 Å². The van der Waals surface area contributed by atoms with Crippen molar-refractivity contribution in [1.29, 1.82) is 0 Å². The van der Waals surface area contributed by atoms with Gasteiger partial charge in [-0.05, 0) is 49.7 Å². The molecule has 7 heteroatoms. The number of aromatic nitrogens is 2. The SMILES string of the molecule is COc1cccc(C(=O)N2CCN(c3nc(C)nc(C)c3Cc3ccc(F)cc3)CC2)c1. The summed E-state index contributed by atoms with van der Waals surface area (Å²) in [5, 5.41) is 0. The predicted octanol–water partition coefficient (Wildman–Crippen LogP) is 3.79. The van der Waals surface area contributed by atoms with Gasteiger partial charge in [0.15, 0.2) is 0 Å². The van der Waals surface area contributed by atoms with E-state index < -0.39 is 0 Å². The van der Waals surface area contributed by atoms with E-state index in [1.54, 1.807) is 25.3 Å². The Bertz CT molecular complexity index is 1110. The zero-order valence-electron chi connectivity index (χ0n) is 18.6. The van der Waals surface area contributed by atoms with E-state index in [0.717, 1.165) is 28.5 Å². The summed E-state index contributed by atoms with van der Waals surface area (Å²) in [4.78, 5) is 26.3. The molecule has 6 nitrogen and oxygen atoms in total. The molecule has 0 atom stereocenters. The predicted molar refractivity (Wildman–Crippen MR) is 122 cm³/mol. The highest BCUT2D eigenvalue weighted by Crippen LogP contribution is 2.26. The third kappa shape index (κ3) is 4.72. The molecule has 166 valence electrons. The molecule has 0 saturated carbocycles. The normalized spacial score (nSPS) is 13.9. The molecule has 1 saturated heterocycles. The third-order valence-corrected chi connectivity index (χ3v) is 5.78. The van der Waals surface area contributed by atoms with Crippen molar-refractivity contribution in [2.24, 2.45) is 0 Å². The molecule has 0 aliphatic carbocycles. The highest BCUT2D eigenvalue weighted by molar-refractivity contribution is 5.94. The number of halogens is 1. The van der Waals surface area contributed by atoms with Gasteiger partial charge in [-0.15, -0.1) is 0 Å². The molecule has 0 bridgehead atoms. The molecule has 0 spiro atoms. The first-order chi connectivity index (χ1) is 15.4. The topological polar surface area (TPSA) is 58.6 Å². The number of nitrogens with zero attached hydrogens (tertiary/aromatic N) is 4. The van der Waals surface area contributed by atoms with Gasteiger partial charge in [0.05, 0.1) is 7.11 Å². The van der Waals surface area contributed by atoms with E-state index in [1.807, 2.05) is 36.9 Å². The maximum absolute atomic E-state index is 13.3. The van der Waals surface area contributed by atoms with Gasteiger partial charge in [-0.3, -0.25) is 4.79 Å². The number of hydrogen-bond acceptors (Lipinski definition) is 5. The van der Waals surface area contributed by atoms with Crippen molar-refractivity contribution in [3.8, 4) is 5.75 Å². The lowest BCUT2D eigenvalue weighted by Gasteiger charge is -2.36. The van der Waals surface area contributed by atoms with Crippen LogP contribution in [0.15, 0.2) is 48.5 Å². The Labute approximate surface area is 187 Å². The lowest BCUT2D eigenvalue weighted by Crippen LogP contribution is -2.49. The van der Waals surface area contributed by atoms with Crippen LogP contribution in [0.25, 0.3) is 0 Å². The largest absolute Gasteiger partial charge is 0.497 e. The van der Waals surface area contributed by atoms with E-state index in [1.165, 1.54) is 12.1 Å². The summed E-state index contributed by atoms with van der Waals surface area (Å²) in [6.07, 6.45) is 0.630. The van der Waals surface area contributed by atoms with Crippen LogP contribution in [0.1, 0.15) is 33.0 Å². The Hall–Kier alpha value is -3.48. The molecule has 3 aromatic rings. The fraction of sp³-hybridized carbons (Fsp3) is 0.320. The second-order valence-electron chi connectivity index (χ2n) is 7.97. The Balaban J connectivity index is 1.51. The fourth-order valence-electron chi connectivity index (χ4n) is 4.05. The van der Waals surface area contributed by atoms with Gasteiger partial charge in [-0.2, -0.15) is 0 Å². The molecular weight excluding hydrogens is 407 g/mol. The lowest BCUT2D eigenvalue weighted by molar-refractivity contribution is 0.0746. The van der Waals surface area contributed by atoms with Crippen LogP contribution in [0.2, 0.25) is 0 Å². The number of hydrogen-bond donors (Lipinski definition) is 0. The van der Waals surface area contributed by atoms with E-state index in [-0.39, 0.29) is 11.7 Å². The number of ether oxygens (including phenoxy) is 1. The average molecular weight is 435 g/mol. The summed E-state index contributed by atoms with van der Waals surface area (Å²) in [7, 11) is 1.59. The Kier molecular flexibility index (Phi) is 6.35. The number of aryl methyl sites for hydroxylation is 2. The van der Waals surface area contributed by atoms with E-state index in [2.05, 4.69) is 9.88 Å². The number of anilines is 1. The van der Waals surface area contributed by atoms with E-state index >= 15 is 0 Å². The van der Waals surface area contributed by atoms with Crippen molar-refractivity contribution >= 4 is 11.7 Å². The standard InChI is InChI=1S/C25H27FN4O2/c1-17-23(15-19-7-9-21(26)10-8-19)24(28-18(2)27-17)29-11-13-30(14-12-29)25(31)20-5-4-6-22(16-20)32-3/h4-10,16H,11-15H2,1-3H3. The molecule has 1 aromatic heterocycles. The van der Waals surface area contributed by atoms with Crippen LogP contribution < -0.4 is 9.64 Å². The smallest absolute Gasteiger partial charge is 0.254 e. The van der Waals surface area contributed by atoms with Gasteiger partial charge in [0.1, 0.15) is 23.2 Å². The number of carbonyl (C=O) groups excluding carboxylic acids is 1. The van der Waals surface area contributed by atoms with Gasteiger partial charge >= 0.3 is 0 Å². The summed E-state index contributed by atoms with van der Waals surface area (Å²) in [6.45, 7) is 6.45. The van der Waals surface area contributed by atoms with E-state index in [9.17, 15) is 9.18 Å². The fourth-order valence-corrected chi connectivity index (χ4v) is 4.05. The number of methoxy groups -OCH3 is 1. The van der Waals surface area contributed by atoms with Crippen molar-refractivity contribution < 1.29 is 13.9 Å². The van der Waals surface area contributed by atoms with Crippen LogP contribution >= 0.6 is 0 Å². The second kappa shape index (κ2) is 9.34. The minimum absolute atomic E-state index is 0.00475. The molecule has 0 unspecified atom stereocenters. The molecule has 4 rings (SSSR count). The monoisotopic (exact) mass is 434 g/mol. The number of benzene rings is 2. The van der Waals surface area contributed by atoms with Crippen LogP contribution in [0.4, 0.5) is 10.2 Å². The number of rotatable bonds is 5. The first-order valence-electron chi connectivity index (χ1n) is 10.7. The summed E-state index contributed by atoms with van der Waals surface area (Å²) < 4.78 is 18.6. The van der Waals surface area contributed by atoms with Gasteiger partial charge in [0.2, 0.25) is 0 Å². The average Bonchev–Trinajstić information content (AvgIpc) is 2.81. The number of carbonyl (C=O) groups is 1. The van der Waals surface area contributed by atoms with Crippen molar-refractivity contribution in [2.75, 3.05) is 38.2 Å². The van der Waals surface area contributed by atoms with Crippen LogP contribution in [0, 0.1) is 19.7 Å². The Morgan fingerprint density at radius 2 is 1.75 bits per heavy atom. The van der Waals surface area contributed by atoms with Crippen LogP contribution in [0.3, 0.4) is 0 Å². The molecule has 2 aromatic carbocycles. The quantitative estimate of drug-likeness (QED) is 0.612. The highest BCUT2D eigenvalue weighted by Gasteiger charge is 2.25. The van der Waals surface area contributed by atoms with Crippen molar-refractivity contribution in [3.63, 3.8) is 0 Å². The van der Waals surface area contributed by atoms with Gasteiger partial charge < -0.3 is 14.5 Å². The first-order valence-corrected chi connectivity index (χ1v) is 10.7.